The van der Waals surface area contributed by atoms with Crippen molar-refractivity contribution in [1.82, 2.24) is 0 Å². The van der Waals surface area contributed by atoms with Gasteiger partial charge in [-0.15, -0.1) is 12.4 Å². The minimum atomic E-state index is 0. The van der Waals surface area contributed by atoms with Gasteiger partial charge in [0.15, 0.2) is 0 Å². The van der Waals surface area contributed by atoms with E-state index >= 15 is 0 Å². The normalized spacial score (nSPS) is 14.3. The lowest BCUT2D eigenvalue weighted by atomic mass is 10.00. The van der Waals surface area contributed by atoms with Crippen LogP contribution >= 0.6 is 12.4 Å². The van der Waals surface area contributed by atoms with Crippen molar-refractivity contribution >= 4 is 69.7 Å². The molecule has 5 heteroatoms. The Morgan fingerprint density at radius 2 is 1.08 bits per heavy atom. The van der Waals surface area contributed by atoms with Crippen LogP contribution in [0.4, 0.5) is 34.1 Å². The van der Waals surface area contributed by atoms with Gasteiger partial charge in [-0.2, -0.15) is 0 Å². The Balaban J connectivity index is 0.00000231. The van der Waals surface area contributed by atoms with Gasteiger partial charge >= 0.3 is 0 Å². The van der Waals surface area contributed by atoms with Gasteiger partial charge in [-0.3, -0.25) is 9.98 Å². The van der Waals surface area contributed by atoms with Crippen LogP contribution in [0.1, 0.15) is 0 Å². The van der Waals surface area contributed by atoms with Gasteiger partial charge in [0.1, 0.15) is 0 Å². The first-order valence-corrected chi connectivity index (χ1v) is 12.4. The van der Waals surface area contributed by atoms with Crippen LogP contribution in [-0.2, 0) is 0 Å². The Kier molecular flexibility index (Phi) is 4.91. The molecule has 1 aliphatic carbocycles. The van der Waals surface area contributed by atoms with E-state index in [2.05, 4.69) is 117 Å². The summed E-state index contributed by atoms with van der Waals surface area (Å²) < 4.78 is 0. The molecule has 0 fully saturated rings. The summed E-state index contributed by atoms with van der Waals surface area (Å²) in [5.74, 6) is 0. The van der Waals surface area contributed by atoms with E-state index in [1.165, 1.54) is 44.4 Å². The number of hydrogen-bond donors (Lipinski definition) is 0. The zero-order valence-electron chi connectivity index (χ0n) is 20.0. The molecule has 5 aromatic rings. The third kappa shape index (κ3) is 3.09. The van der Waals surface area contributed by atoms with Gasteiger partial charge in [-0.1, -0.05) is 60.7 Å². The van der Waals surface area contributed by atoms with E-state index < -0.39 is 0 Å². The van der Waals surface area contributed by atoms with Crippen LogP contribution in [-0.4, -0.2) is 25.5 Å². The lowest BCUT2D eigenvalue weighted by Crippen LogP contribution is -2.22. The molecule has 2 heterocycles. The molecular weight excluding hydrogens is 476 g/mol. The third-order valence-corrected chi connectivity index (χ3v) is 7.54. The van der Waals surface area contributed by atoms with E-state index in [0.29, 0.717) is 0 Å². The first kappa shape index (κ1) is 21.8. The number of aliphatic imine (C=N–C) groups is 2. The molecule has 0 saturated heterocycles. The topological polar surface area (TPSA) is 31.2 Å². The van der Waals surface area contributed by atoms with E-state index in [-0.39, 0.29) is 12.4 Å². The van der Waals surface area contributed by atoms with Crippen molar-refractivity contribution in [1.29, 1.82) is 0 Å². The van der Waals surface area contributed by atoms with Crippen molar-refractivity contribution in [3.8, 4) is 22.3 Å². The fourth-order valence-electron chi connectivity index (χ4n) is 6.03. The molecule has 0 spiro atoms. The zero-order valence-corrected chi connectivity index (χ0v) is 20.8. The maximum absolute atomic E-state index is 4.64. The Labute approximate surface area is 221 Å². The van der Waals surface area contributed by atoms with Crippen LogP contribution in [0.3, 0.4) is 0 Å². The number of fused-ring (bicyclic) bond motifs is 5. The van der Waals surface area contributed by atoms with Gasteiger partial charge in [0, 0.05) is 29.1 Å². The number of benzene rings is 5. The molecule has 3 aliphatic rings. The summed E-state index contributed by atoms with van der Waals surface area (Å²) >= 11 is 0. The molecule has 4 nitrogen and oxygen atoms in total. The molecule has 0 atom stereocenters. The first-order chi connectivity index (χ1) is 17.9. The maximum atomic E-state index is 4.64. The molecule has 0 bridgehead atoms. The summed E-state index contributed by atoms with van der Waals surface area (Å²) in [5.41, 5.74) is 12.0. The molecule has 0 unspecified atom stereocenters. The van der Waals surface area contributed by atoms with Crippen LogP contribution in [0.5, 0.6) is 0 Å². The Bertz CT molecular complexity index is 1770. The predicted molar refractivity (Wildman–Crippen MR) is 159 cm³/mol. The second kappa shape index (κ2) is 8.32. The first-order valence-electron chi connectivity index (χ1n) is 12.4. The molecule has 0 amide bonds. The smallest absolute Gasteiger partial charge is 0.0863 e. The van der Waals surface area contributed by atoms with E-state index in [1.807, 2.05) is 12.4 Å². The van der Waals surface area contributed by atoms with Gasteiger partial charge in [-0.05, 0) is 58.5 Å². The van der Waals surface area contributed by atoms with E-state index in [4.69, 9.17) is 0 Å². The number of nitrogens with zero attached hydrogens (tertiary/aromatic N) is 4. The van der Waals surface area contributed by atoms with Gasteiger partial charge in [-0.25, -0.2) is 0 Å². The highest BCUT2D eigenvalue weighted by atomic mass is 35.5. The number of halogens is 1. The van der Waals surface area contributed by atoms with Crippen molar-refractivity contribution in [3.05, 3.63) is 97.1 Å². The summed E-state index contributed by atoms with van der Waals surface area (Å²) in [7, 11) is 0. The minimum Gasteiger partial charge on any atom is -0.334 e. The number of anilines is 4. The maximum Gasteiger partial charge on any atom is 0.0863 e. The van der Waals surface area contributed by atoms with E-state index in [0.717, 1.165) is 35.8 Å². The molecule has 5 aromatic carbocycles. The van der Waals surface area contributed by atoms with Gasteiger partial charge < -0.3 is 9.80 Å². The SMILES string of the molecule is C1=Nc2ccccc2N(c2cccc3c2-c2cccc4c(N5CC=Nc6ccccc65)ccc-3c24)C1.Cl. The summed E-state index contributed by atoms with van der Waals surface area (Å²) in [6, 6.07) is 34.8. The van der Waals surface area contributed by atoms with Gasteiger partial charge in [0.25, 0.3) is 0 Å². The second-order valence-electron chi connectivity index (χ2n) is 9.38. The fourth-order valence-corrected chi connectivity index (χ4v) is 6.03. The highest BCUT2D eigenvalue weighted by Gasteiger charge is 2.29. The average molecular weight is 499 g/mol. The van der Waals surface area contributed by atoms with Crippen LogP contribution in [0.25, 0.3) is 33.0 Å². The highest BCUT2D eigenvalue weighted by molar-refractivity contribution is 6.21. The summed E-state index contributed by atoms with van der Waals surface area (Å²) in [4.78, 5) is 14.0. The van der Waals surface area contributed by atoms with Crippen LogP contribution in [0, 0.1) is 0 Å². The third-order valence-electron chi connectivity index (χ3n) is 7.54. The molecule has 0 aromatic heterocycles. The van der Waals surface area contributed by atoms with Crippen LogP contribution < -0.4 is 9.80 Å². The van der Waals surface area contributed by atoms with Crippen LogP contribution in [0.15, 0.2) is 107 Å². The van der Waals surface area contributed by atoms with Crippen molar-refractivity contribution in [2.75, 3.05) is 22.9 Å². The minimum absolute atomic E-state index is 0. The molecule has 8 rings (SSSR count). The summed E-state index contributed by atoms with van der Waals surface area (Å²) in [6.07, 6.45) is 4.02. The quantitative estimate of drug-likeness (QED) is 0.239. The van der Waals surface area contributed by atoms with E-state index in [1.54, 1.807) is 0 Å². The molecule has 2 aliphatic heterocycles. The fraction of sp³-hybridized carbons (Fsp3) is 0.0625. The molecule has 37 heavy (non-hydrogen) atoms. The average Bonchev–Trinajstić information content (AvgIpc) is 3.28. The number of rotatable bonds is 2. The van der Waals surface area contributed by atoms with Gasteiger partial charge in [0.05, 0.1) is 41.5 Å². The largest absolute Gasteiger partial charge is 0.334 e. The molecule has 0 N–H and O–H groups in total. The Morgan fingerprint density at radius 1 is 0.486 bits per heavy atom. The monoisotopic (exact) mass is 498 g/mol. The number of para-hydroxylation sites is 4. The second-order valence-corrected chi connectivity index (χ2v) is 9.38. The zero-order chi connectivity index (χ0) is 23.6. The Morgan fingerprint density at radius 3 is 1.81 bits per heavy atom. The predicted octanol–water partition coefficient (Wildman–Crippen LogP) is 8.62. The summed E-state index contributed by atoms with van der Waals surface area (Å²) in [5, 5.41) is 2.61. The van der Waals surface area contributed by atoms with Crippen molar-refractivity contribution in [3.63, 3.8) is 0 Å². The highest BCUT2D eigenvalue weighted by Crippen LogP contribution is 2.54. The molecular formula is C32H23ClN4. The van der Waals surface area contributed by atoms with Crippen molar-refractivity contribution in [2.45, 2.75) is 0 Å². The summed E-state index contributed by atoms with van der Waals surface area (Å²) in [6.45, 7) is 1.52. The van der Waals surface area contributed by atoms with Gasteiger partial charge in [0.2, 0.25) is 0 Å². The number of hydrogen-bond acceptors (Lipinski definition) is 4. The van der Waals surface area contributed by atoms with Crippen molar-refractivity contribution in [2.24, 2.45) is 9.98 Å². The standard InChI is InChI=1S/C32H22N4.ClH/c1-3-12-28-25(10-1)33-17-19-35(28)27-16-15-22-21-7-6-14-30(32(21)24-9-5-8-23(27)31(22)24)36-20-18-34-26-11-2-4-13-29(26)36;/h1-18H,19-20H2;1H. The van der Waals surface area contributed by atoms with Crippen LogP contribution in [0.2, 0.25) is 0 Å². The molecule has 178 valence electrons. The molecule has 0 radical (unpaired) electrons. The Hall–Kier alpha value is -4.41. The lowest BCUT2D eigenvalue weighted by Gasteiger charge is -2.29. The van der Waals surface area contributed by atoms with E-state index in [9.17, 15) is 0 Å². The molecule has 0 saturated carbocycles. The lowest BCUT2D eigenvalue weighted by molar-refractivity contribution is 1.12. The van der Waals surface area contributed by atoms with Crippen molar-refractivity contribution < 1.29 is 0 Å².